The molecule has 9 unspecified atom stereocenters. The van der Waals surface area contributed by atoms with Gasteiger partial charge in [0.25, 0.3) is 0 Å². The topological polar surface area (TPSA) is 66.2 Å². The standard InChI is InChI=1S/C27H42N2O2/c1-15(2)5-4-6-16(3)18-7-9-20-19(18)8-10-21-22-11-17-13-28-14-29-24(17)12-23(22)26(30)27(31)25(20)21/h13-16,18-23,25-27,30-31H,4-12H2,1-3H3/t16-,18?,19?,20?,21?,22?,23?,25?,26?,27?/m1/s1. The second kappa shape index (κ2) is 8.74. The normalized spacial score (nSPS) is 42.5. The highest BCUT2D eigenvalue weighted by atomic mass is 16.3. The van der Waals surface area contributed by atoms with Crippen LogP contribution in [0.4, 0.5) is 0 Å². The molecule has 4 aliphatic rings. The highest BCUT2D eigenvalue weighted by molar-refractivity contribution is 5.24. The van der Waals surface area contributed by atoms with Gasteiger partial charge in [-0.2, -0.15) is 0 Å². The molecule has 0 saturated heterocycles. The first-order chi connectivity index (χ1) is 15.0. The Morgan fingerprint density at radius 2 is 1.61 bits per heavy atom. The summed E-state index contributed by atoms with van der Waals surface area (Å²) in [5.74, 6) is 5.25. The first-order valence-electron chi connectivity index (χ1n) is 13.1. The van der Waals surface area contributed by atoms with Crippen molar-refractivity contribution in [2.45, 2.75) is 90.8 Å². The van der Waals surface area contributed by atoms with E-state index in [4.69, 9.17) is 0 Å². The van der Waals surface area contributed by atoms with Crippen molar-refractivity contribution in [1.82, 2.24) is 9.97 Å². The lowest BCUT2D eigenvalue weighted by Gasteiger charge is -2.56. The van der Waals surface area contributed by atoms with Crippen LogP contribution in [-0.2, 0) is 12.8 Å². The quantitative estimate of drug-likeness (QED) is 0.718. The van der Waals surface area contributed by atoms with Crippen LogP contribution in [0.25, 0.3) is 0 Å². The number of fused-ring (bicyclic) bond motifs is 6. The van der Waals surface area contributed by atoms with Gasteiger partial charge in [0.1, 0.15) is 6.33 Å². The van der Waals surface area contributed by atoms with Gasteiger partial charge in [0, 0.05) is 11.9 Å². The fourth-order valence-electron chi connectivity index (χ4n) is 8.55. The highest BCUT2D eigenvalue weighted by Gasteiger charge is 2.58. The Hall–Kier alpha value is -1.00. The maximum absolute atomic E-state index is 11.4. The van der Waals surface area contributed by atoms with E-state index in [0.29, 0.717) is 17.8 Å². The van der Waals surface area contributed by atoms with Crippen molar-refractivity contribution in [1.29, 1.82) is 0 Å². The Bertz CT molecular complexity index is 767. The maximum atomic E-state index is 11.4. The summed E-state index contributed by atoms with van der Waals surface area (Å²) >= 11 is 0. The van der Waals surface area contributed by atoms with Gasteiger partial charge in [-0.1, -0.05) is 40.0 Å². The zero-order valence-corrected chi connectivity index (χ0v) is 19.7. The number of nitrogens with zero attached hydrogens (tertiary/aromatic N) is 2. The minimum absolute atomic E-state index is 0.155. The lowest BCUT2D eigenvalue weighted by Crippen LogP contribution is -2.59. The van der Waals surface area contributed by atoms with Crippen LogP contribution in [0.2, 0.25) is 0 Å². The van der Waals surface area contributed by atoms with Gasteiger partial charge in [-0.25, -0.2) is 9.97 Å². The van der Waals surface area contributed by atoms with Crippen molar-refractivity contribution < 1.29 is 10.2 Å². The Labute approximate surface area is 188 Å². The van der Waals surface area contributed by atoms with Crippen LogP contribution in [0.5, 0.6) is 0 Å². The molecule has 4 aliphatic carbocycles. The Morgan fingerprint density at radius 3 is 2.42 bits per heavy atom. The van der Waals surface area contributed by atoms with Gasteiger partial charge in [0.15, 0.2) is 0 Å². The smallest absolute Gasteiger partial charge is 0.115 e. The minimum Gasteiger partial charge on any atom is -0.390 e. The predicted octanol–water partition coefficient (Wildman–Crippen LogP) is 4.67. The molecule has 1 aromatic rings. The minimum atomic E-state index is -0.601. The molecule has 3 fully saturated rings. The number of rotatable bonds is 5. The van der Waals surface area contributed by atoms with E-state index < -0.39 is 12.2 Å². The lowest BCUT2D eigenvalue weighted by atomic mass is 9.51. The van der Waals surface area contributed by atoms with Crippen LogP contribution >= 0.6 is 0 Å². The summed E-state index contributed by atoms with van der Waals surface area (Å²) in [6.45, 7) is 7.15. The summed E-state index contributed by atoms with van der Waals surface area (Å²) in [5, 5.41) is 22.6. The average Bonchev–Trinajstić information content (AvgIpc) is 3.20. The van der Waals surface area contributed by atoms with Gasteiger partial charge in [-0.05, 0) is 97.3 Å². The van der Waals surface area contributed by atoms with Gasteiger partial charge < -0.3 is 10.2 Å². The van der Waals surface area contributed by atoms with Crippen LogP contribution in [0.1, 0.15) is 77.0 Å². The molecule has 0 bridgehead atoms. The van der Waals surface area contributed by atoms with Crippen molar-refractivity contribution in [2.24, 2.45) is 53.3 Å². The molecule has 0 spiro atoms. The summed E-state index contributed by atoms with van der Waals surface area (Å²) < 4.78 is 0. The van der Waals surface area contributed by atoms with Crippen LogP contribution in [0, 0.1) is 53.3 Å². The molecule has 0 amide bonds. The van der Waals surface area contributed by atoms with Gasteiger partial charge in [-0.3, -0.25) is 0 Å². The molecule has 4 heteroatoms. The highest BCUT2D eigenvalue weighted by Crippen LogP contribution is 2.59. The third-order valence-corrected chi connectivity index (χ3v) is 9.98. The zero-order valence-electron chi connectivity index (χ0n) is 19.7. The van der Waals surface area contributed by atoms with Crippen molar-refractivity contribution in [2.75, 3.05) is 0 Å². The Morgan fingerprint density at radius 1 is 0.871 bits per heavy atom. The monoisotopic (exact) mass is 426 g/mol. The molecule has 31 heavy (non-hydrogen) atoms. The molecule has 2 N–H and O–H groups in total. The first-order valence-corrected chi connectivity index (χ1v) is 13.1. The number of aromatic nitrogens is 2. The van der Waals surface area contributed by atoms with Crippen LogP contribution < -0.4 is 0 Å². The molecule has 10 atom stereocenters. The fourth-order valence-corrected chi connectivity index (χ4v) is 8.55. The summed E-state index contributed by atoms with van der Waals surface area (Å²) in [7, 11) is 0. The number of aliphatic hydroxyl groups is 2. The van der Waals surface area contributed by atoms with E-state index in [-0.39, 0.29) is 11.8 Å². The second-order valence-corrected chi connectivity index (χ2v) is 11.9. The van der Waals surface area contributed by atoms with Crippen molar-refractivity contribution in [3.8, 4) is 0 Å². The third kappa shape index (κ3) is 3.86. The maximum Gasteiger partial charge on any atom is 0.115 e. The molecule has 3 saturated carbocycles. The third-order valence-electron chi connectivity index (χ3n) is 9.98. The van der Waals surface area contributed by atoms with E-state index in [0.717, 1.165) is 42.2 Å². The first kappa shape index (κ1) is 21.8. The van der Waals surface area contributed by atoms with E-state index in [1.54, 1.807) is 6.33 Å². The van der Waals surface area contributed by atoms with E-state index in [1.165, 1.54) is 50.5 Å². The van der Waals surface area contributed by atoms with E-state index in [9.17, 15) is 10.2 Å². The van der Waals surface area contributed by atoms with Crippen molar-refractivity contribution in [3.63, 3.8) is 0 Å². The van der Waals surface area contributed by atoms with Crippen LogP contribution in [-0.4, -0.2) is 32.4 Å². The Kier molecular flexibility index (Phi) is 6.15. The van der Waals surface area contributed by atoms with E-state index in [2.05, 4.69) is 30.7 Å². The number of hydrogen-bond acceptors (Lipinski definition) is 4. The SMILES string of the molecule is CC(C)CCC[C@@H](C)C1CCC2C1CCC1C3Cc4cncnc4CC3C(O)C(O)C12. The van der Waals surface area contributed by atoms with Gasteiger partial charge >= 0.3 is 0 Å². The molecule has 0 aliphatic heterocycles. The lowest BCUT2D eigenvalue weighted by molar-refractivity contribution is -0.163. The molecule has 1 heterocycles. The number of aliphatic hydroxyl groups excluding tert-OH is 2. The predicted molar refractivity (Wildman–Crippen MR) is 122 cm³/mol. The van der Waals surface area contributed by atoms with Gasteiger partial charge in [-0.15, -0.1) is 0 Å². The fraction of sp³-hybridized carbons (Fsp3) is 0.852. The molecular weight excluding hydrogens is 384 g/mol. The van der Waals surface area contributed by atoms with Gasteiger partial charge in [0.2, 0.25) is 0 Å². The molecule has 5 rings (SSSR count). The summed E-state index contributed by atoms with van der Waals surface area (Å²) in [4.78, 5) is 8.76. The molecule has 172 valence electrons. The molecule has 0 aromatic carbocycles. The summed E-state index contributed by atoms with van der Waals surface area (Å²) in [6.07, 6.45) is 13.4. The van der Waals surface area contributed by atoms with Crippen molar-refractivity contribution >= 4 is 0 Å². The largest absolute Gasteiger partial charge is 0.390 e. The van der Waals surface area contributed by atoms with Gasteiger partial charge in [0.05, 0.1) is 12.2 Å². The summed E-state index contributed by atoms with van der Waals surface area (Å²) in [6, 6.07) is 0. The molecular formula is C27H42N2O2. The molecule has 0 radical (unpaired) electrons. The average molecular weight is 427 g/mol. The zero-order chi connectivity index (χ0) is 21.7. The van der Waals surface area contributed by atoms with E-state index in [1.807, 2.05) is 6.20 Å². The van der Waals surface area contributed by atoms with Crippen LogP contribution in [0.15, 0.2) is 12.5 Å². The van der Waals surface area contributed by atoms with Crippen LogP contribution in [0.3, 0.4) is 0 Å². The summed E-state index contributed by atoms with van der Waals surface area (Å²) in [5.41, 5.74) is 2.36. The molecule has 4 nitrogen and oxygen atoms in total. The molecule has 1 aromatic heterocycles. The Balaban J connectivity index is 1.32. The van der Waals surface area contributed by atoms with E-state index >= 15 is 0 Å². The number of hydrogen-bond donors (Lipinski definition) is 2. The van der Waals surface area contributed by atoms with Crippen molar-refractivity contribution in [3.05, 3.63) is 23.8 Å². The second-order valence-electron chi connectivity index (χ2n) is 11.9.